The lowest BCUT2D eigenvalue weighted by Crippen LogP contribution is -2.38. The van der Waals surface area contributed by atoms with E-state index in [0.29, 0.717) is 12.8 Å². The van der Waals surface area contributed by atoms with Crippen LogP contribution in [0.15, 0.2) is 23.8 Å². The summed E-state index contributed by atoms with van der Waals surface area (Å²) in [6, 6.07) is 0. The number of alkyl halides is 3. The summed E-state index contributed by atoms with van der Waals surface area (Å²) in [5.41, 5.74) is 0.458. The Hall–Kier alpha value is -1.34. The van der Waals surface area contributed by atoms with Crippen molar-refractivity contribution in [1.82, 2.24) is 5.32 Å². The van der Waals surface area contributed by atoms with Crippen LogP contribution in [0.2, 0.25) is 0 Å². The van der Waals surface area contributed by atoms with Gasteiger partial charge in [0.15, 0.2) is 0 Å². The van der Waals surface area contributed by atoms with Gasteiger partial charge in [0.05, 0.1) is 11.7 Å². The summed E-state index contributed by atoms with van der Waals surface area (Å²) in [6.45, 7) is 3.93. The van der Waals surface area contributed by atoms with Crippen molar-refractivity contribution in [3.8, 4) is 0 Å². The van der Waals surface area contributed by atoms with Gasteiger partial charge in [0.1, 0.15) is 0 Å². The number of aliphatic hydroxyl groups is 2. The standard InChI is InChI=1S/C21H34F3NO3/c1-3-5-12-20(28,11-4-2)13-9-16-7-6-8-17(15-16)18(26)10-14-25-19(27)21(22,23)24/h6-8,17-18,26,28H,3-5,9-15H2,1-2H3,(H,25,27). The van der Waals surface area contributed by atoms with E-state index < -0.39 is 23.8 Å². The van der Waals surface area contributed by atoms with Crippen LogP contribution < -0.4 is 5.32 Å². The molecule has 0 fully saturated rings. The summed E-state index contributed by atoms with van der Waals surface area (Å²) in [5, 5.41) is 22.9. The van der Waals surface area contributed by atoms with Crippen molar-refractivity contribution in [2.24, 2.45) is 5.92 Å². The molecule has 0 aromatic rings. The molecule has 0 saturated carbocycles. The second-order valence-corrected chi connectivity index (χ2v) is 7.77. The average molecular weight is 406 g/mol. The van der Waals surface area contributed by atoms with E-state index in [1.165, 1.54) is 0 Å². The fourth-order valence-corrected chi connectivity index (χ4v) is 3.61. The molecule has 162 valence electrons. The van der Waals surface area contributed by atoms with Gasteiger partial charge in [-0.05, 0) is 38.5 Å². The first kappa shape index (κ1) is 24.7. The summed E-state index contributed by atoms with van der Waals surface area (Å²) < 4.78 is 36.5. The molecule has 3 unspecified atom stereocenters. The molecule has 0 bridgehead atoms. The Bertz CT molecular complexity index is 546. The van der Waals surface area contributed by atoms with E-state index in [4.69, 9.17) is 0 Å². The summed E-state index contributed by atoms with van der Waals surface area (Å²) in [6.07, 6.45) is 6.52. The van der Waals surface area contributed by atoms with Crippen LogP contribution in [0.3, 0.4) is 0 Å². The Labute approximate surface area is 165 Å². The highest BCUT2D eigenvalue weighted by Gasteiger charge is 2.38. The minimum atomic E-state index is -4.90. The van der Waals surface area contributed by atoms with E-state index in [9.17, 15) is 28.2 Å². The molecular weight excluding hydrogens is 371 g/mol. The number of hydrogen-bond acceptors (Lipinski definition) is 3. The van der Waals surface area contributed by atoms with E-state index in [-0.39, 0.29) is 18.9 Å². The van der Waals surface area contributed by atoms with Crippen molar-refractivity contribution in [2.75, 3.05) is 6.54 Å². The van der Waals surface area contributed by atoms with E-state index >= 15 is 0 Å². The number of halogens is 3. The maximum Gasteiger partial charge on any atom is 0.471 e. The summed E-state index contributed by atoms with van der Waals surface area (Å²) in [4.78, 5) is 10.8. The van der Waals surface area contributed by atoms with Gasteiger partial charge in [-0.15, -0.1) is 0 Å². The number of allylic oxidation sites excluding steroid dienone is 3. The van der Waals surface area contributed by atoms with E-state index in [1.807, 2.05) is 18.2 Å². The molecule has 3 atom stereocenters. The molecule has 28 heavy (non-hydrogen) atoms. The van der Waals surface area contributed by atoms with Gasteiger partial charge in [-0.25, -0.2) is 0 Å². The predicted octanol–water partition coefficient (Wildman–Crippen LogP) is 4.42. The highest BCUT2D eigenvalue weighted by molar-refractivity contribution is 5.81. The highest BCUT2D eigenvalue weighted by atomic mass is 19.4. The molecule has 1 amide bonds. The first-order chi connectivity index (χ1) is 13.1. The number of carbonyl (C=O) groups is 1. The molecule has 0 heterocycles. The zero-order chi connectivity index (χ0) is 21.2. The van der Waals surface area contributed by atoms with Crippen LogP contribution in [0.5, 0.6) is 0 Å². The lowest BCUT2D eigenvalue weighted by molar-refractivity contribution is -0.173. The Kier molecular flexibility index (Phi) is 10.2. The second kappa shape index (κ2) is 11.6. The minimum Gasteiger partial charge on any atom is -0.392 e. The van der Waals surface area contributed by atoms with E-state index in [0.717, 1.165) is 44.1 Å². The van der Waals surface area contributed by atoms with E-state index in [2.05, 4.69) is 13.8 Å². The van der Waals surface area contributed by atoms with Crippen molar-refractivity contribution < 1.29 is 28.2 Å². The molecule has 1 aliphatic carbocycles. The van der Waals surface area contributed by atoms with Crippen molar-refractivity contribution in [3.05, 3.63) is 23.8 Å². The lowest BCUT2D eigenvalue weighted by Gasteiger charge is -2.30. The lowest BCUT2D eigenvalue weighted by atomic mass is 9.82. The van der Waals surface area contributed by atoms with Gasteiger partial charge in [0, 0.05) is 12.5 Å². The van der Waals surface area contributed by atoms with Gasteiger partial charge in [0.2, 0.25) is 0 Å². The number of hydrogen-bond donors (Lipinski definition) is 3. The molecule has 4 nitrogen and oxygen atoms in total. The first-order valence-electron chi connectivity index (χ1n) is 10.2. The Morgan fingerprint density at radius 2 is 1.96 bits per heavy atom. The minimum absolute atomic E-state index is 0.0559. The SMILES string of the molecule is CCCCC(O)(CCC)CCC1=CC=CC(C(O)CCNC(=O)C(F)(F)F)C1. The van der Waals surface area contributed by atoms with Gasteiger partial charge in [-0.3, -0.25) is 4.79 Å². The van der Waals surface area contributed by atoms with Gasteiger partial charge in [-0.1, -0.05) is 56.9 Å². The molecule has 0 aliphatic heterocycles. The van der Waals surface area contributed by atoms with Crippen LogP contribution in [0, 0.1) is 5.92 Å². The van der Waals surface area contributed by atoms with Crippen molar-refractivity contribution in [1.29, 1.82) is 0 Å². The van der Waals surface area contributed by atoms with Crippen LogP contribution in [0.1, 0.15) is 71.6 Å². The molecule has 0 saturated heterocycles. The maximum absolute atomic E-state index is 12.2. The second-order valence-electron chi connectivity index (χ2n) is 7.77. The smallest absolute Gasteiger partial charge is 0.392 e. The number of amides is 1. The maximum atomic E-state index is 12.2. The van der Waals surface area contributed by atoms with E-state index in [1.54, 1.807) is 5.32 Å². The topological polar surface area (TPSA) is 69.6 Å². The third-order valence-electron chi connectivity index (χ3n) is 5.29. The Balaban J connectivity index is 2.47. The number of nitrogens with one attached hydrogen (secondary N) is 1. The summed E-state index contributed by atoms with van der Waals surface area (Å²) >= 11 is 0. The number of aliphatic hydroxyl groups excluding tert-OH is 1. The predicted molar refractivity (Wildman–Crippen MR) is 104 cm³/mol. The van der Waals surface area contributed by atoms with Gasteiger partial charge in [0.25, 0.3) is 0 Å². The average Bonchev–Trinajstić information content (AvgIpc) is 2.64. The quantitative estimate of drug-likeness (QED) is 0.450. The fraction of sp³-hybridized carbons (Fsp3) is 0.762. The van der Waals surface area contributed by atoms with Gasteiger partial charge >= 0.3 is 12.1 Å². The largest absolute Gasteiger partial charge is 0.471 e. The highest BCUT2D eigenvalue weighted by Crippen LogP contribution is 2.31. The molecule has 0 spiro atoms. The fourth-order valence-electron chi connectivity index (χ4n) is 3.61. The van der Waals surface area contributed by atoms with Gasteiger partial charge in [-0.2, -0.15) is 13.2 Å². The molecular formula is C21H34F3NO3. The molecule has 1 rings (SSSR count). The molecule has 1 aliphatic rings. The van der Waals surface area contributed by atoms with Crippen LogP contribution in [0.25, 0.3) is 0 Å². The van der Waals surface area contributed by atoms with Crippen molar-refractivity contribution in [3.63, 3.8) is 0 Å². The van der Waals surface area contributed by atoms with Crippen molar-refractivity contribution >= 4 is 5.91 Å². The molecule has 0 aromatic heterocycles. The molecule has 0 radical (unpaired) electrons. The van der Waals surface area contributed by atoms with Crippen LogP contribution in [-0.2, 0) is 4.79 Å². The first-order valence-corrected chi connectivity index (χ1v) is 10.2. The third-order valence-corrected chi connectivity index (χ3v) is 5.29. The third kappa shape index (κ3) is 8.78. The normalized spacial score (nSPS) is 20.4. The molecule has 7 heteroatoms. The van der Waals surface area contributed by atoms with Crippen LogP contribution in [-0.4, -0.2) is 40.5 Å². The zero-order valence-corrected chi connectivity index (χ0v) is 16.9. The zero-order valence-electron chi connectivity index (χ0n) is 16.9. The number of unbranched alkanes of at least 4 members (excludes halogenated alkanes) is 1. The summed E-state index contributed by atoms with van der Waals surface area (Å²) in [5.74, 6) is -2.18. The summed E-state index contributed by atoms with van der Waals surface area (Å²) in [7, 11) is 0. The number of rotatable bonds is 12. The monoisotopic (exact) mass is 405 g/mol. The Morgan fingerprint density at radius 1 is 1.25 bits per heavy atom. The van der Waals surface area contributed by atoms with Gasteiger partial charge < -0.3 is 15.5 Å². The Morgan fingerprint density at radius 3 is 2.57 bits per heavy atom. The van der Waals surface area contributed by atoms with Crippen molar-refractivity contribution in [2.45, 2.75) is 89.5 Å². The molecule has 0 aromatic carbocycles. The van der Waals surface area contributed by atoms with Crippen LogP contribution >= 0.6 is 0 Å². The molecule has 3 N–H and O–H groups in total. The number of carbonyl (C=O) groups excluding carboxylic acids is 1. The van der Waals surface area contributed by atoms with Crippen LogP contribution in [0.4, 0.5) is 13.2 Å².